The Balaban J connectivity index is 1.81. The molecule has 0 aliphatic carbocycles. The van der Waals surface area contributed by atoms with Crippen molar-refractivity contribution in [3.8, 4) is 5.88 Å². The van der Waals surface area contributed by atoms with Crippen molar-refractivity contribution in [1.82, 2.24) is 9.97 Å². The summed E-state index contributed by atoms with van der Waals surface area (Å²) >= 11 is 1.74. The molecule has 20 heavy (non-hydrogen) atoms. The van der Waals surface area contributed by atoms with E-state index in [0.717, 1.165) is 18.7 Å². The monoisotopic (exact) mass is 293 g/mol. The zero-order chi connectivity index (χ0) is 14.2. The van der Waals surface area contributed by atoms with Gasteiger partial charge < -0.3 is 14.8 Å². The molecule has 0 atom stereocenters. The van der Waals surface area contributed by atoms with Gasteiger partial charge in [0.25, 0.3) is 0 Å². The van der Waals surface area contributed by atoms with Gasteiger partial charge in [-0.2, -0.15) is 0 Å². The van der Waals surface area contributed by atoms with E-state index in [9.17, 15) is 0 Å². The molecule has 0 amide bonds. The predicted molar refractivity (Wildman–Crippen MR) is 80.4 cm³/mol. The van der Waals surface area contributed by atoms with E-state index in [2.05, 4.69) is 22.2 Å². The second-order valence-electron chi connectivity index (χ2n) is 4.15. The maximum atomic E-state index is 5.41. The maximum Gasteiger partial charge on any atom is 0.213 e. The van der Waals surface area contributed by atoms with Gasteiger partial charge in [-0.15, -0.1) is 11.3 Å². The second kappa shape index (κ2) is 7.81. The van der Waals surface area contributed by atoms with Crippen LogP contribution in [0.4, 0.5) is 5.69 Å². The minimum atomic E-state index is 0.511. The molecule has 0 spiro atoms. The number of nitrogens with one attached hydrogen (secondary N) is 1. The highest BCUT2D eigenvalue weighted by atomic mass is 32.1. The smallest absolute Gasteiger partial charge is 0.213 e. The summed E-state index contributed by atoms with van der Waals surface area (Å²) in [4.78, 5) is 9.79. The Hall–Kier alpha value is -1.66. The summed E-state index contributed by atoms with van der Waals surface area (Å²) in [6, 6.07) is 3.80. The van der Waals surface area contributed by atoms with E-state index in [1.165, 1.54) is 9.88 Å². The van der Waals surface area contributed by atoms with Gasteiger partial charge in [-0.1, -0.05) is 6.92 Å². The fraction of sp³-hybridized carbons (Fsp3) is 0.429. The van der Waals surface area contributed by atoms with E-state index in [0.29, 0.717) is 19.1 Å². The lowest BCUT2D eigenvalue weighted by Crippen LogP contribution is -2.05. The summed E-state index contributed by atoms with van der Waals surface area (Å²) in [6.07, 6.45) is 4.68. The van der Waals surface area contributed by atoms with E-state index in [1.807, 2.05) is 18.3 Å². The third kappa shape index (κ3) is 4.47. The minimum Gasteiger partial charge on any atom is -0.475 e. The molecule has 2 aromatic rings. The number of thiazole rings is 1. The van der Waals surface area contributed by atoms with Crippen LogP contribution in [0.25, 0.3) is 0 Å². The summed E-state index contributed by atoms with van der Waals surface area (Å²) in [7, 11) is 1.65. The first-order valence-electron chi connectivity index (χ1n) is 6.57. The van der Waals surface area contributed by atoms with Crippen LogP contribution in [-0.4, -0.2) is 30.3 Å². The molecule has 108 valence electrons. The van der Waals surface area contributed by atoms with Gasteiger partial charge in [0.05, 0.1) is 30.0 Å². The van der Waals surface area contributed by atoms with Crippen molar-refractivity contribution in [2.24, 2.45) is 0 Å². The van der Waals surface area contributed by atoms with Gasteiger partial charge >= 0.3 is 0 Å². The Kier molecular flexibility index (Phi) is 5.76. The standard InChI is InChI=1S/C14H19N3O2S/c1-3-14-17-10-12(20-14)9-15-11-4-5-13(16-8-11)19-7-6-18-2/h4-5,8,10,15H,3,6-7,9H2,1-2H3. The fourth-order valence-electron chi connectivity index (χ4n) is 1.58. The molecule has 0 aliphatic rings. The quantitative estimate of drug-likeness (QED) is 0.758. The predicted octanol–water partition coefficient (Wildman–Crippen LogP) is 2.74. The second-order valence-corrected chi connectivity index (χ2v) is 5.35. The number of nitrogens with zero attached hydrogens (tertiary/aromatic N) is 2. The van der Waals surface area contributed by atoms with Crippen molar-refractivity contribution in [3.05, 3.63) is 34.4 Å². The molecule has 1 N–H and O–H groups in total. The van der Waals surface area contributed by atoms with E-state index in [4.69, 9.17) is 9.47 Å². The lowest BCUT2D eigenvalue weighted by Gasteiger charge is -2.07. The zero-order valence-corrected chi connectivity index (χ0v) is 12.6. The molecule has 0 aromatic carbocycles. The largest absolute Gasteiger partial charge is 0.475 e. The highest BCUT2D eigenvalue weighted by Gasteiger charge is 2.01. The molecule has 0 unspecified atom stereocenters. The van der Waals surface area contributed by atoms with Crippen molar-refractivity contribution < 1.29 is 9.47 Å². The van der Waals surface area contributed by atoms with E-state index >= 15 is 0 Å². The molecular weight excluding hydrogens is 274 g/mol. The van der Waals surface area contributed by atoms with Gasteiger partial charge in [-0.25, -0.2) is 9.97 Å². The van der Waals surface area contributed by atoms with Gasteiger partial charge in [0.2, 0.25) is 5.88 Å². The van der Waals surface area contributed by atoms with Crippen molar-refractivity contribution >= 4 is 17.0 Å². The van der Waals surface area contributed by atoms with Crippen molar-refractivity contribution in [2.45, 2.75) is 19.9 Å². The Morgan fingerprint density at radius 2 is 2.10 bits per heavy atom. The molecule has 0 saturated carbocycles. The molecule has 0 bridgehead atoms. The zero-order valence-electron chi connectivity index (χ0n) is 11.8. The fourth-order valence-corrected chi connectivity index (χ4v) is 2.38. The first-order valence-corrected chi connectivity index (χ1v) is 7.38. The molecule has 2 heterocycles. The first-order chi connectivity index (χ1) is 9.81. The Morgan fingerprint density at radius 3 is 2.75 bits per heavy atom. The molecule has 0 saturated heterocycles. The molecule has 0 radical (unpaired) electrons. The van der Waals surface area contributed by atoms with E-state index in [-0.39, 0.29) is 0 Å². The molecule has 2 rings (SSSR count). The lowest BCUT2D eigenvalue weighted by atomic mass is 10.4. The van der Waals surface area contributed by atoms with Crippen LogP contribution in [0.15, 0.2) is 24.5 Å². The molecular formula is C14H19N3O2S. The molecule has 0 aliphatic heterocycles. The number of pyridine rings is 1. The number of rotatable bonds is 8. The van der Waals surface area contributed by atoms with Crippen LogP contribution in [0.5, 0.6) is 5.88 Å². The van der Waals surface area contributed by atoms with Crippen LogP contribution in [0, 0.1) is 0 Å². The number of anilines is 1. The summed E-state index contributed by atoms with van der Waals surface area (Å²) < 4.78 is 10.3. The van der Waals surface area contributed by atoms with Crippen molar-refractivity contribution in [2.75, 3.05) is 25.6 Å². The molecule has 6 heteroatoms. The van der Waals surface area contributed by atoms with E-state index < -0.39 is 0 Å². The van der Waals surface area contributed by atoms with Crippen LogP contribution in [0.2, 0.25) is 0 Å². The summed E-state index contributed by atoms with van der Waals surface area (Å²) in [6.45, 7) is 3.95. The number of aromatic nitrogens is 2. The van der Waals surface area contributed by atoms with Gasteiger partial charge in [-0.05, 0) is 12.5 Å². The lowest BCUT2D eigenvalue weighted by molar-refractivity contribution is 0.144. The SMILES string of the molecule is CCc1ncc(CNc2ccc(OCCOC)nc2)s1. The van der Waals surface area contributed by atoms with Crippen LogP contribution in [0.1, 0.15) is 16.8 Å². The average Bonchev–Trinajstić information content (AvgIpc) is 2.95. The summed E-state index contributed by atoms with van der Waals surface area (Å²) in [5.41, 5.74) is 0.968. The number of ether oxygens (including phenoxy) is 2. The Labute approximate surface area is 123 Å². The summed E-state index contributed by atoms with van der Waals surface area (Å²) in [5.74, 6) is 0.610. The molecule has 2 aromatic heterocycles. The van der Waals surface area contributed by atoms with Crippen LogP contribution >= 0.6 is 11.3 Å². The number of aryl methyl sites for hydroxylation is 1. The van der Waals surface area contributed by atoms with Crippen molar-refractivity contribution in [1.29, 1.82) is 0 Å². The number of hydrogen-bond donors (Lipinski definition) is 1. The third-order valence-corrected chi connectivity index (χ3v) is 3.79. The minimum absolute atomic E-state index is 0.511. The highest BCUT2D eigenvalue weighted by molar-refractivity contribution is 7.11. The van der Waals surface area contributed by atoms with Crippen LogP contribution in [0.3, 0.4) is 0 Å². The molecule has 5 nitrogen and oxygen atoms in total. The maximum absolute atomic E-state index is 5.41. The summed E-state index contributed by atoms with van der Waals surface area (Å²) in [5, 5.41) is 4.49. The highest BCUT2D eigenvalue weighted by Crippen LogP contribution is 2.16. The van der Waals surface area contributed by atoms with Gasteiger partial charge in [-0.3, -0.25) is 0 Å². The first kappa shape index (κ1) is 14.7. The van der Waals surface area contributed by atoms with Crippen LogP contribution in [-0.2, 0) is 17.7 Å². The van der Waals surface area contributed by atoms with E-state index in [1.54, 1.807) is 24.6 Å². The van der Waals surface area contributed by atoms with Gasteiger partial charge in [0, 0.05) is 24.3 Å². The molecule has 0 fully saturated rings. The van der Waals surface area contributed by atoms with Crippen molar-refractivity contribution in [3.63, 3.8) is 0 Å². The Morgan fingerprint density at radius 1 is 1.20 bits per heavy atom. The van der Waals surface area contributed by atoms with Gasteiger partial charge in [0.15, 0.2) is 0 Å². The number of hydrogen-bond acceptors (Lipinski definition) is 6. The Bertz CT molecular complexity index is 513. The normalized spacial score (nSPS) is 10.5. The van der Waals surface area contributed by atoms with Gasteiger partial charge in [0.1, 0.15) is 6.61 Å². The van der Waals surface area contributed by atoms with Crippen LogP contribution < -0.4 is 10.1 Å². The number of methoxy groups -OCH3 is 1. The average molecular weight is 293 g/mol. The third-order valence-electron chi connectivity index (χ3n) is 2.64. The topological polar surface area (TPSA) is 56.3 Å².